The van der Waals surface area contributed by atoms with E-state index < -0.39 is 5.97 Å². The average Bonchev–Trinajstić information content (AvgIpc) is 2.33. The van der Waals surface area contributed by atoms with Gasteiger partial charge in [0.25, 0.3) is 0 Å². The van der Waals surface area contributed by atoms with Crippen LogP contribution >= 0.6 is 15.9 Å². The first-order chi connectivity index (χ1) is 6.00. The molecule has 0 bridgehead atoms. The lowest BCUT2D eigenvalue weighted by molar-refractivity contribution is -0.307. The highest BCUT2D eigenvalue weighted by Gasteiger charge is 2.40. The number of rotatable bonds is 3. The van der Waals surface area contributed by atoms with Crippen LogP contribution in [0.15, 0.2) is 12.2 Å². The first-order valence-corrected chi connectivity index (χ1v) is 5.57. The van der Waals surface area contributed by atoms with Gasteiger partial charge < -0.3 is 9.90 Å². The van der Waals surface area contributed by atoms with E-state index in [1.165, 1.54) is 0 Å². The third kappa shape index (κ3) is 1.96. The standard InChI is InChI=1S/C10H15BrO2/c1-7-3-4-8(5-9(12)13)10(7,2)6-11/h8H,1,3-6H2,2H3,(H,12,13)/p-1/t8-,10+/m0/s1. The van der Waals surface area contributed by atoms with Gasteiger partial charge in [-0.05, 0) is 25.2 Å². The lowest BCUT2D eigenvalue weighted by Crippen LogP contribution is -2.32. The number of carbonyl (C=O) groups excluding carboxylic acids is 1. The van der Waals surface area contributed by atoms with Crippen molar-refractivity contribution < 1.29 is 9.90 Å². The molecule has 1 saturated carbocycles. The molecule has 0 heterocycles. The Bertz CT molecular complexity index is 237. The van der Waals surface area contributed by atoms with Gasteiger partial charge in [-0.25, -0.2) is 0 Å². The number of carboxylic acids is 1. The Morgan fingerprint density at radius 2 is 2.46 bits per heavy atom. The molecule has 0 aliphatic heterocycles. The Kier molecular flexibility index (Phi) is 3.17. The van der Waals surface area contributed by atoms with E-state index in [0.29, 0.717) is 0 Å². The fourth-order valence-corrected chi connectivity index (χ4v) is 2.83. The molecule has 3 heteroatoms. The number of aliphatic carboxylic acids is 1. The Hall–Kier alpha value is -0.310. The molecule has 0 spiro atoms. The van der Waals surface area contributed by atoms with Crippen LogP contribution in [0.3, 0.4) is 0 Å². The maximum Gasteiger partial charge on any atom is 0.0417 e. The minimum atomic E-state index is -0.952. The molecule has 1 rings (SSSR count). The number of hydrogen-bond acceptors (Lipinski definition) is 2. The molecule has 0 unspecified atom stereocenters. The Labute approximate surface area is 87.2 Å². The smallest absolute Gasteiger partial charge is 0.0417 e. The molecular weight excluding hydrogens is 232 g/mol. The Balaban J connectivity index is 2.75. The third-order valence-corrected chi connectivity index (χ3v) is 4.36. The van der Waals surface area contributed by atoms with Gasteiger partial charge in [-0.1, -0.05) is 35.0 Å². The summed E-state index contributed by atoms with van der Waals surface area (Å²) in [7, 11) is 0. The predicted molar refractivity (Wildman–Crippen MR) is 53.4 cm³/mol. The van der Waals surface area contributed by atoms with Crippen LogP contribution in [-0.2, 0) is 4.79 Å². The summed E-state index contributed by atoms with van der Waals surface area (Å²) in [5.74, 6) is -0.767. The van der Waals surface area contributed by atoms with Crippen LogP contribution in [0.25, 0.3) is 0 Å². The fraction of sp³-hybridized carbons (Fsp3) is 0.700. The van der Waals surface area contributed by atoms with Crippen molar-refractivity contribution in [2.45, 2.75) is 26.2 Å². The molecule has 0 aromatic rings. The van der Waals surface area contributed by atoms with E-state index in [1.807, 2.05) is 0 Å². The van der Waals surface area contributed by atoms with Crippen molar-refractivity contribution in [3.8, 4) is 0 Å². The van der Waals surface area contributed by atoms with Gasteiger partial charge in [0, 0.05) is 16.7 Å². The second-order valence-electron chi connectivity index (χ2n) is 3.97. The molecule has 0 radical (unpaired) electrons. The molecule has 13 heavy (non-hydrogen) atoms. The molecule has 0 saturated heterocycles. The summed E-state index contributed by atoms with van der Waals surface area (Å²) < 4.78 is 0. The quantitative estimate of drug-likeness (QED) is 0.559. The van der Waals surface area contributed by atoms with E-state index in [4.69, 9.17) is 0 Å². The zero-order chi connectivity index (χ0) is 10.1. The molecular formula is C10H14BrO2-. The van der Waals surface area contributed by atoms with Crippen LogP contribution in [0.1, 0.15) is 26.2 Å². The van der Waals surface area contributed by atoms with Crippen molar-refractivity contribution in [1.29, 1.82) is 0 Å². The van der Waals surface area contributed by atoms with Crippen molar-refractivity contribution >= 4 is 21.9 Å². The number of allylic oxidation sites excluding steroid dienone is 1. The van der Waals surface area contributed by atoms with Crippen LogP contribution in [-0.4, -0.2) is 11.3 Å². The van der Waals surface area contributed by atoms with Crippen molar-refractivity contribution in [2.24, 2.45) is 11.3 Å². The van der Waals surface area contributed by atoms with Crippen LogP contribution < -0.4 is 5.11 Å². The predicted octanol–water partition coefficient (Wildman–Crippen LogP) is 1.49. The normalized spacial score (nSPS) is 33.7. The summed E-state index contributed by atoms with van der Waals surface area (Å²) in [4.78, 5) is 10.5. The summed E-state index contributed by atoms with van der Waals surface area (Å²) >= 11 is 3.43. The van der Waals surface area contributed by atoms with Crippen molar-refractivity contribution in [3.05, 3.63) is 12.2 Å². The molecule has 2 nitrogen and oxygen atoms in total. The highest BCUT2D eigenvalue weighted by Crippen LogP contribution is 2.48. The van der Waals surface area contributed by atoms with E-state index in [2.05, 4.69) is 29.4 Å². The van der Waals surface area contributed by atoms with E-state index in [0.717, 1.165) is 23.7 Å². The Morgan fingerprint density at radius 3 is 2.92 bits per heavy atom. The minimum Gasteiger partial charge on any atom is -0.550 e. The SMILES string of the molecule is C=C1CC[C@@H](CC(=O)[O-])[C@]1(C)CBr. The second kappa shape index (κ2) is 3.82. The number of halogens is 1. The number of carboxylic acid groups (broad SMARTS) is 1. The number of alkyl halides is 1. The van der Waals surface area contributed by atoms with Gasteiger partial charge in [-0.15, -0.1) is 0 Å². The first kappa shape index (κ1) is 10.8. The molecule has 0 N–H and O–H groups in total. The van der Waals surface area contributed by atoms with Gasteiger partial charge in [0.1, 0.15) is 0 Å². The maximum atomic E-state index is 10.5. The summed E-state index contributed by atoms with van der Waals surface area (Å²) in [5.41, 5.74) is 1.11. The summed E-state index contributed by atoms with van der Waals surface area (Å²) in [6, 6.07) is 0. The van der Waals surface area contributed by atoms with Gasteiger partial charge in [-0.2, -0.15) is 0 Å². The van der Waals surface area contributed by atoms with Crippen molar-refractivity contribution in [3.63, 3.8) is 0 Å². The molecule has 74 valence electrons. The first-order valence-electron chi connectivity index (χ1n) is 4.44. The average molecular weight is 246 g/mol. The largest absolute Gasteiger partial charge is 0.550 e. The van der Waals surface area contributed by atoms with E-state index in [9.17, 15) is 9.90 Å². The Morgan fingerprint density at radius 1 is 1.85 bits per heavy atom. The lowest BCUT2D eigenvalue weighted by Gasteiger charge is -2.31. The monoisotopic (exact) mass is 245 g/mol. The summed E-state index contributed by atoms with van der Waals surface area (Å²) in [5, 5.41) is 11.3. The minimum absolute atomic E-state index is 0.0555. The molecule has 2 atom stereocenters. The van der Waals surface area contributed by atoms with Crippen LogP contribution in [0.2, 0.25) is 0 Å². The molecule has 0 aromatic carbocycles. The van der Waals surface area contributed by atoms with Crippen LogP contribution in [0, 0.1) is 11.3 Å². The topological polar surface area (TPSA) is 40.1 Å². The van der Waals surface area contributed by atoms with Gasteiger partial charge in [-0.3, -0.25) is 0 Å². The van der Waals surface area contributed by atoms with Gasteiger partial charge in [0.05, 0.1) is 0 Å². The zero-order valence-electron chi connectivity index (χ0n) is 7.81. The third-order valence-electron chi connectivity index (χ3n) is 3.19. The van der Waals surface area contributed by atoms with Crippen LogP contribution in [0.5, 0.6) is 0 Å². The molecule has 1 aliphatic rings. The number of hydrogen-bond donors (Lipinski definition) is 0. The second-order valence-corrected chi connectivity index (χ2v) is 4.53. The van der Waals surface area contributed by atoms with Gasteiger partial charge in [0.15, 0.2) is 0 Å². The van der Waals surface area contributed by atoms with Gasteiger partial charge >= 0.3 is 0 Å². The maximum absolute atomic E-state index is 10.5. The van der Waals surface area contributed by atoms with E-state index >= 15 is 0 Å². The lowest BCUT2D eigenvalue weighted by atomic mass is 9.78. The highest BCUT2D eigenvalue weighted by molar-refractivity contribution is 9.09. The molecule has 0 aromatic heterocycles. The van der Waals surface area contributed by atoms with Crippen molar-refractivity contribution in [2.75, 3.05) is 5.33 Å². The molecule has 1 aliphatic carbocycles. The van der Waals surface area contributed by atoms with E-state index in [1.54, 1.807) is 0 Å². The summed E-state index contributed by atoms with van der Waals surface area (Å²) in [6.07, 6.45) is 2.02. The summed E-state index contributed by atoms with van der Waals surface area (Å²) in [6.45, 7) is 6.07. The number of carbonyl (C=O) groups is 1. The fourth-order valence-electron chi connectivity index (χ4n) is 1.97. The molecule has 1 fully saturated rings. The zero-order valence-corrected chi connectivity index (χ0v) is 9.39. The molecule has 0 amide bonds. The highest BCUT2D eigenvalue weighted by atomic mass is 79.9. The van der Waals surface area contributed by atoms with Crippen LogP contribution in [0.4, 0.5) is 0 Å². The van der Waals surface area contributed by atoms with Crippen molar-refractivity contribution in [1.82, 2.24) is 0 Å². The van der Waals surface area contributed by atoms with Gasteiger partial charge in [0.2, 0.25) is 0 Å². The van der Waals surface area contributed by atoms with E-state index in [-0.39, 0.29) is 17.8 Å².